The topological polar surface area (TPSA) is 50.8 Å². The van der Waals surface area contributed by atoms with E-state index in [2.05, 4.69) is 21.2 Å². The maximum Gasteiger partial charge on any atom is 0.277 e. The average Bonchev–Trinajstić information content (AvgIpc) is 3.11. The number of nitrogens with one attached hydrogen (secondary N) is 1. The molecule has 1 aliphatic rings. The van der Waals surface area contributed by atoms with Crippen molar-refractivity contribution in [3.8, 4) is 11.5 Å². The summed E-state index contributed by atoms with van der Waals surface area (Å²) < 4.78 is 12.3. The molecule has 0 bridgehead atoms. The highest BCUT2D eigenvalue weighted by Gasteiger charge is 2.34. The SMILES string of the molecule is COc1ccc(/C=C2\NC(=S)N(C(C)c3ccccc3)C2=O)cc1COc1ccccc1Br. The van der Waals surface area contributed by atoms with Gasteiger partial charge in [0.2, 0.25) is 0 Å². The summed E-state index contributed by atoms with van der Waals surface area (Å²) in [6.07, 6.45) is 1.80. The predicted molar refractivity (Wildman–Crippen MR) is 137 cm³/mol. The number of amides is 1. The zero-order chi connectivity index (χ0) is 23.4. The van der Waals surface area contributed by atoms with Gasteiger partial charge in [-0.05, 0) is 76.5 Å². The van der Waals surface area contributed by atoms with Crippen LogP contribution in [-0.4, -0.2) is 23.0 Å². The molecule has 5 nitrogen and oxygen atoms in total. The van der Waals surface area contributed by atoms with Gasteiger partial charge in [0.15, 0.2) is 5.11 Å². The second-order valence-corrected chi connectivity index (χ2v) is 8.78. The molecule has 0 spiro atoms. The molecule has 1 aliphatic heterocycles. The third-order valence-electron chi connectivity index (χ3n) is 5.41. The largest absolute Gasteiger partial charge is 0.496 e. The highest BCUT2D eigenvalue weighted by atomic mass is 79.9. The number of methoxy groups -OCH3 is 1. The first kappa shape index (κ1) is 23.0. The van der Waals surface area contributed by atoms with Crippen LogP contribution < -0.4 is 14.8 Å². The Balaban J connectivity index is 1.56. The number of rotatable bonds is 7. The number of hydrogen-bond acceptors (Lipinski definition) is 4. The Kier molecular flexibility index (Phi) is 7.11. The van der Waals surface area contributed by atoms with Gasteiger partial charge in [-0.1, -0.05) is 48.5 Å². The number of benzene rings is 3. The van der Waals surface area contributed by atoms with Crippen molar-refractivity contribution in [2.24, 2.45) is 0 Å². The van der Waals surface area contributed by atoms with Gasteiger partial charge in [0.05, 0.1) is 17.6 Å². The van der Waals surface area contributed by atoms with Crippen LogP contribution in [0.2, 0.25) is 0 Å². The first-order chi connectivity index (χ1) is 16.0. The molecule has 7 heteroatoms. The van der Waals surface area contributed by atoms with E-state index in [-0.39, 0.29) is 11.9 Å². The number of ether oxygens (including phenoxy) is 2. The van der Waals surface area contributed by atoms with Crippen LogP contribution in [0, 0.1) is 0 Å². The van der Waals surface area contributed by atoms with Crippen molar-refractivity contribution in [3.05, 3.63) is 99.7 Å². The van der Waals surface area contributed by atoms with Gasteiger partial charge < -0.3 is 14.8 Å². The highest BCUT2D eigenvalue weighted by Crippen LogP contribution is 2.29. The van der Waals surface area contributed by atoms with Gasteiger partial charge >= 0.3 is 0 Å². The zero-order valence-electron chi connectivity index (χ0n) is 18.2. The van der Waals surface area contributed by atoms with Gasteiger partial charge in [-0.2, -0.15) is 0 Å². The molecule has 0 aliphatic carbocycles. The Morgan fingerprint density at radius 3 is 2.52 bits per heavy atom. The molecule has 1 atom stereocenters. The van der Waals surface area contributed by atoms with Crippen LogP contribution in [0.3, 0.4) is 0 Å². The Labute approximate surface area is 207 Å². The average molecular weight is 523 g/mol. The van der Waals surface area contributed by atoms with Crippen LogP contribution >= 0.6 is 28.1 Å². The molecule has 1 fully saturated rings. The maximum atomic E-state index is 13.1. The van der Waals surface area contributed by atoms with E-state index in [1.807, 2.05) is 79.7 Å². The summed E-state index contributed by atoms with van der Waals surface area (Å²) in [5.41, 5.74) is 3.16. The van der Waals surface area contributed by atoms with Crippen molar-refractivity contribution in [1.29, 1.82) is 0 Å². The van der Waals surface area contributed by atoms with Crippen molar-refractivity contribution in [1.82, 2.24) is 10.2 Å². The van der Waals surface area contributed by atoms with Crippen molar-refractivity contribution in [2.45, 2.75) is 19.6 Å². The van der Waals surface area contributed by atoms with Gasteiger partial charge in [0, 0.05) is 5.56 Å². The first-order valence-electron chi connectivity index (χ1n) is 10.4. The molecule has 1 saturated heterocycles. The summed E-state index contributed by atoms with van der Waals surface area (Å²) in [6.45, 7) is 2.29. The molecule has 0 saturated carbocycles. The number of carbonyl (C=O) groups is 1. The molecule has 0 radical (unpaired) electrons. The Hall–Kier alpha value is -3.16. The van der Waals surface area contributed by atoms with E-state index >= 15 is 0 Å². The first-order valence-corrected chi connectivity index (χ1v) is 11.6. The van der Waals surface area contributed by atoms with Crippen molar-refractivity contribution >= 4 is 45.2 Å². The molecular weight excluding hydrogens is 500 g/mol. The lowest BCUT2D eigenvalue weighted by Crippen LogP contribution is -2.33. The van der Waals surface area contributed by atoms with Crippen LogP contribution in [0.25, 0.3) is 6.08 Å². The number of hydrogen-bond donors (Lipinski definition) is 1. The number of nitrogens with zero attached hydrogens (tertiary/aromatic N) is 1. The van der Waals surface area contributed by atoms with E-state index in [4.69, 9.17) is 21.7 Å². The Morgan fingerprint density at radius 1 is 1.06 bits per heavy atom. The smallest absolute Gasteiger partial charge is 0.277 e. The van der Waals surface area contributed by atoms with E-state index in [1.54, 1.807) is 18.1 Å². The van der Waals surface area contributed by atoms with Gasteiger partial charge in [0.1, 0.15) is 23.8 Å². The Bertz CT molecular complexity index is 1210. The molecule has 4 rings (SSSR count). The number of carbonyl (C=O) groups excluding carboxylic acids is 1. The summed E-state index contributed by atoms with van der Waals surface area (Å²) in [4.78, 5) is 14.8. The van der Waals surface area contributed by atoms with Crippen LogP contribution in [0.4, 0.5) is 0 Å². The molecule has 0 aromatic heterocycles. The normalized spacial score (nSPS) is 15.5. The summed E-state index contributed by atoms with van der Waals surface area (Å²) in [5.74, 6) is 1.30. The van der Waals surface area contributed by atoms with Crippen LogP contribution in [0.1, 0.15) is 29.7 Å². The standard InChI is InChI=1S/C26H23BrN2O3S/c1-17(19-8-4-3-5-9-19)29-25(30)22(28-26(29)33)15-18-12-13-23(31-2)20(14-18)16-32-24-11-7-6-10-21(24)27/h3-15,17H,16H2,1-2H3,(H,28,33)/b22-15-. The lowest BCUT2D eigenvalue weighted by atomic mass is 10.1. The molecule has 3 aromatic rings. The van der Waals surface area contributed by atoms with Crippen LogP contribution in [0.15, 0.2) is 83.0 Å². The van der Waals surface area contributed by atoms with Crippen molar-refractivity contribution < 1.29 is 14.3 Å². The molecule has 3 aromatic carbocycles. The maximum absolute atomic E-state index is 13.1. The third kappa shape index (κ3) is 5.10. The third-order valence-corrected chi connectivity index (χ3v) is 6.37. The van der Waals surface area contributed by atoms with E-state index in [9.17, 15) is 4.79 Å². The molecule has 33 heavy (non-hydrogen) atoms. The highest BCUT2D eigenvalue weighted by molar-refractivity contribution is 9.10. The minimum absolute atomic E-state index is 0.154. The fraction of sp³-hybridized carbons (Fsp3) is 0.154. The van der Waals surface area contributed by atoms with Gasteiger partial charge in [-0.3, -0.25) is 9.69 Å². The fourth-order valence-corrected chi connectivity index (χ4v) is 4.42. The second-order valence-electron chi connectivity index (χ2n) is 7.54. The summed E-state index contributed by atoms with van der Waals surface area (Å²) >= 11 is 8.97. The molecule has 1 heterocycles. The minimum atomic E-state index is -0.172. The Morgan fingerprint density at radius 2 is 1.79 bits per heavy atom. The van der Waals surface area contributed by atoms with Gasteiger partial charge in [-0.25, -0.2) is 0 Å². The van der Waals surface area contributed by atoms with Crippen LogP contribution in [-0.2, 0) is 11.4 Å². The summed E-state index contributed by atoms with van der Waals surface area (Å²) in [5, 5.41) is 3.46. The van der Waals surface area contributed by atoms with Gasteiger partial charge in [0.25, 0.3) is 5.91 Å². The number of para-hydroxylation sites is 1. The molecular formula is C26H23BrN2O3S. The predicted octanol–water partition coefficient (Wildman–Crippen LogP) is 5.86. The quantitative estimate of drug-likeness (QED) is 0.311. The molecule has 1 amide bonds. The lowest BCUT2D eigenvalue weighted by molar-refractivity contribution is -0.123. The van der Waals surface area contributed by atoms with Gasteiger partial charge in [-0.15, -0.1) is 0 Å². The fourth-order valence-electron chi connectivity index (χ4n) is 3.67. The van der Waals surface area contributed by atoms with Crippen molar-refractivity contribution in [2.75, 3.05) is 7.11 Å². The van der Waals surface area contributed by atoms with Crippen LogP contribution in [0.5, 0.6) is 11.5 Å². The minimum Gasteiger partial charge on any atom is -0.496 e. The monoisotopic (exact) mass is 522 g/mol. The van der Waals surface area contributed by atoms with E-state index in [0.29, 0.717) is 23.2 Å². The second kappa shape index (κ2) is 10.2. The summed E-state index contributed by atoms with van der Waals surface area (Å²) in [6, 6.07) is 23.0. The van der Waals surface area contributed by atoms with Crippen molar-refractivity contribution in [3.63, 3.8) is 0 Å². The number of thiocarbonyl (C=S) groups is 1. The van der Waals surface area contributed by atoms with E-state index < -0.39 is 0 Å². The molecule has 1 N–H and O–H groups in total. The molecule has 1 unspecified atom stereocenters. The molecule has 168 valence electrons. The van der Waals surface area contributed by atoms with E-state index in [0.717, 1.165) is 26.9 Å². The zero-order valence-corrected chi connectivity index (χ0v) is 20.7. The summed E-state index contributed by atoms with van der Waals surface area (Å²) in [7, 11) is 1.62. The lowest BCUT2D eigenvalue weighted by Gasteiger charge is -2.23. The van der Waals surface area contributed by atoms with E-state index in [1.165, 1.54) is 0 Å². The number of halogens is 1.